The van der Waals surface area contributed by atoms with Gasteiger partial charge in [0, 0.05) is 34.3 Å². The molecular formula is C18H21N5O4. The van der Waals surface area contributed by atoms with Crippen LogP contribution in [0.3, 0.4) is 0 Å². The van der Waals surface area contributed by atoms with E-state index < -0.39 is 11.5 Å². The first-order chi connectivity index (χ1) is 12.8. The molecule has 142 valence electrons. The molecule has 1 unspecified atom stereocenters. The second kappa shape index (κ2) is 6.76. The number of rotatable bonds is 5. The Labute approximate surface area is 156 Å². The van der Waals surface area contributed by atoms with Crippen molar-refractivity contribution in [2.45, 2.75) is 5.54 Å². The van der Waals surface area contributed by atoms with Crippen LogP contribution in [0.25, 0.3) is 11.4 Å². The van der Waals surface area contributed by atoms with Gasteiger partial charge in [-0.05, 0) is 24.3 Å². The zero-order valence-electron chi connectivity index (χ0n) is 15.5. The Kier molecular flexibility index (Phi) is 4.63. The molecule has 0 aliphatic carbocycles. The fraction of sp³-hybridized carbons (Fsp3) is 0.278. The van der Waals surface area contributed by atoms with Crippen LogP contribution in [-0.4, -0.2) is 64.6 Å². The number of nitrogens with zero attached hydrogens (tertiary/aromatic N) is 5. The maximum absolute atomic E-state index is 12.0. The van der Waals surface area contributed by atoms with Crippen molar-refractivity contribution in [3.63, 3.8) is 0 Å². The van der Waals surface area contributed by atoms with Crippen LogP contribution in [-0.2, 0) is 10.3 Å². The lowest BCUT2D eigenvalue weighted by Crippen LogP contribution is -2.48. The molecule has 0 fully saturated rings. The number of carboxylic acids is 1. The summed E-state index contributed by atoms with van der Waals surface area (Å²) in [7, 11) is 7.38. The maximum Gasteiger partial charge on any atom is 0.344 e. The van der Waals surface area contributed by atoms with Crippen LogP contribution in [0.5, 0.6) is 0 Å². The summed E-state index contributed by atoms with van der Waals surface area (Å²) in [5.41, 5.74) is 0.552. The zero-order chi connectivity index (χ0) is 19.8. The highest BCUT2D eigenvalue weighted by Crippen LogP contribution is 2.36. The minimum absolute atomic E-state index is 0.0312. The first-order valence-electron chi connectivity index (χ1n) is 8.16. The molecule has 1 aliphatic heterocycles. The first-order valence-corrected chi connectivity index (χ1v) is 8.16. The van der Waals surface area contributed by atoms with Crippen LogP contribution < -0.4 is 4.90 Å². The summed E-state index contributed by atoms with van der Waals surface area (Å²) < 4.78 is 5.29. The standard InChI is InChI=1S/C18H21N5O4/c1-21(2)12-5-6-14(19-10-12)15-9-16(27-20-15)18(17(24)25)8-7-13(22(3)4)11-23(18)26/h5-11,26H,1-4H3,(H,24,25). The van der Waals surface area contributed by atoms with Gasteiger partial charge in [-0.1, -0.05) is 5.16 Å². The first kappa shape index (κ1) is 18.5. The van der Waals surface area contributed by atoms with Crippen molar-refractivity contribution in [3.05, 3.63) is 54.2 Å². The lowest BCUT2D eigenvalue weighted by Gasteiger charge is -2.34. The summed E-state index contributed by atoms with van der Waals surface area (Å²) in [4.78, 5) is 20.0. The quantitative estimate of drug-likeness (QED) is 0.813. The fourth-order valence-corrected chi connectivity index (χ4v) is 2.66. The van der Waals surface area contributed by atoms with Crippen molar-refractivity contribution in [1.82, 2.24) is 20.1 Å². The number of likely N-dealkylation sites (N-methyl/N-ethyl adjacent to an activating group) is 1. The summed E-state index contributed by atoms with van der Waals surface area (Å²) in [6, 6.07) is 5.10. The third-order valence-electron chi connectivity index (χ3n) is 4.37. The molecule has 1 aliphatic rings. The molecule has 0 amide bonds. The Morgan fingerprint density at radius 3 is 2.44 bits per heavy atom. The van der Waals surface area contributed by atoms with Gasteiger partial charge in [0.1, 0.15) is 5.69 Å². The summed E-state index contributed by atoms with van der Waals surface area (Å²) in [6.45, 7) is 0. The summed E-state index contributed by atoms with van der Waals surface area (Å²) >= 11 is 0. The van der Waals surface area contributed by atoms with Crippen molar-refractivity contribution < 1.29 is 19.6 Å². The lowest BCUT2D eigenvalue weighted by atomic mass is 9.92. The van der Waals surface area contributed by atoms with E-state index in [9.17, 15) is 15.1 Å². The number of anilines is 1. The van der Waals surface area contributed by atoms with E-state index in [0.717, 1.165) is 5.69 Å². The normalized spacial score (nSPS) is 19.0. The van der Waals surface area contributed by atoms with Crippen molar-refractivity contribution in [3.8, 4) is 11.4 Å². The van der Waals surface area contributed by atoms with Gasteiger partial charge in [0.05, 0.1) is 29.5 Å². The van der Waals surface area contributed by atoms with Gasteiger partial charge >= 0.3 is 5.97 Å². The van der Waals surface area contributed by atoms with Crippen LogP contribution in [0.4, 0.5) is 5.69 Å². The number of carboxylic acid groups (broad SMARTS) is 1. The molecule has 0 bridgehead atoms. The summed E-state index contributed by atoms with van der Waals surface area (Å²) in [5, 5.41) is 24.8. The molecule has 0 aromatic carbocycles. The molecule has 3 rings (SSSR count). The van der Waals surface area contributed by atoms with Crippen LogP contribution in [0.2, 0.25) is 0 Å². The number of aromatic nitrogens is 2. The van der Waals surface area contributed by atoms with E-state index in [1.54, 1.807) is 37.3 Å². The Bertz CT molecular complexity index is 901. The number of allylic oxidation sites excluding steroid dienone is 1. The van der Waals surface area contributed by atoms with Crippen molar-refractivity contribution >= 4 is 11.7 Å². The monoisotopic (exact) mass is 371 g/mol. The highest BCUT2D eigenvalue weighted by Gasteiger charge is 2.48. The molecule has 27 heavy (non-hydrogen) atoms. The van der Waals surface area contributed by atoms with E-state index in [1.165, 1.54) is 18.3 Å². The number of aliphatic carboxylic acids is 1. The molecule has 0 spiro atoms. The van der Waals surface area contributed by atoms with Crippen LogP contribution in [0.15, 0.2) is 53.0 Å². The molecule has 0 saturated carbocycles. The summed E-state index contributed by atoms with van der Waals surface area (Å²) in [6.07, 6.45) is 5.97. The van der Waals surface area contributed by atoms with Crippen molar-refractivity contribution in [2.24, 2.45) is 0 Å². The van der Waals surface area contributed by atoms with E-state index in [0.29, 0.717) is 22.1 Å². The minimum Gasteiger partial charge on any atom is -0.479 e. The molecule has 0 radical (unpaired) electrons. The topological polar surface area (TPSA) is 106 Å². The molecule has 2 N–H and O–H groups in total. The van der Waals surface area contributed by atoms with Crippen LogP contribution in [0, 0.1) is 0 Å². The van der Waals surface area contributed by atoms with E-state index in [2.05, 4.69) is 10.1 Å². The highest BCUT2D eigenvalue weighted by atomic mass is 16.5. The van der Waals surface area contributed by atoms with E-state index in [1.807, 2.05) is 25.1 Å². The number of carbonyl (C=O) groups is 1. The second-order valence-electron chi connectivity index (χ2n) is 6.57. The highest BCUT2D eigenvalue weighted by molar-refractivity contribution is 5.83. The van der Waals surface area contributed by atoms with Crippen molar-refractivity contribution in [2.75, 3.05) is 33.1 Å². The van der Waals surface area contributed by atoms with Gasteiger partial charge in [-0.25, -0.2) is 9.86 Å². The second-order valence-corrected chi connectivity index (χ2v) is 6.57. The van der Waals surface area contributed by atoms with Crippen molar-refractivity contribution in [1.29, 1.82) is 0 Å². The molecular weight excluding hydrogens is 350 g/mol. The number of pyridine rings is 1. The predicted molar refractivity (Wildman–Crippen MR) is 97.9 cm³/mol. The predicted octanol–water partition coefficient (Wildman–Crippen LogP) is 1.75. The van der Waals surface area contributed by atoms with Crippen LogP contribution >= 0.6 is 0 Å². The number of hydrogen-bond donors (Lipinski definition) is 2. The van der Waals surface area contributed by atoms with Gasteiger partial charge in [-0.2, -0.15) is 0 Å². The Morgan fingerprint density at radius 1 is 1.19 bits per heavy atom. The van der Waals surface area contributed by atoms with Gasteiger partial charge in [-0.3, -0.25) is 10.2 Å². The third-order valence-corrected chi connectivity index (χ3v) is 4.37. The lowest BCUT2D eigenvalue weighted by molar-refractivity contribution is -0.176. The van der Waals surface area contributed by atoms with E-state index >= 15 is 0 Å². The average molecular weight is 371 g/mol. The molecule has 3 heterocycles. The molecule has 9 heteroatoms. The van der Waals surface area contributed by atoms with E-state index in [-0.39, 0.29) is 5.76 Å². The fourth-order valence-electron chi connectivity index (χ4n) is 2.66. The largest absolute Gasteiger partial charge is 0.479 e. The van der Waals surface area contributed by atoms with Crippen LogP contribution in [0.1, 0.15) is 5.76 Å². The smallest absolute Gasteiger partial charge is 0.344 e. The summed E-state index contributed by atoms with van der Waals surface area (Å²) in [5.74, 6) is -1.33. The SMILES string of the molecule is CN(C)C1=CN(O)C(C(=O)O)(c2cc(-c3ccc(N(C)C)cn3)no2)C=C1. The molecule has 2 aromatic heterocycles. The van der Waals surface area contributed by atoms with E-state index in [4.69, 9.17) is 4.52 Å². The molecule has 1 atom stereocenters. The number of hydrogen-bond acceptors (Lipinski definition) is 8. The third kappa shape index (κ3) is 3.13. The average Bonchev–Trinajstić information content (AvgIpc) is 3.11. The van der Waals surface area contributed by atoms with Gasteiger partial charge in [0.2, 0.25) is 5.54 Å². The van der Waals surface area contributed by atoms with Gasteiger partial charge in [-0.15, -0.1) is 0 Å². The van der Waals surface area contributed by atoms with Gasteiger partial charge in [0.15, 0.2) is 5.76 Å². The molecule has 9 nitrogen and oxygen atoms in total. The van der Waals surface area contributed by atoms with Gasteiger partial charge < -0.3 is 19.4 Å². The molecule has 2 aromatic rings. The molecule has 0 saturated heterocycles. The Hall–Kier alpha value is -3.33. The Balaban J connectivity index is 1.98. The minimum atomic E-state index is -1.91. The Morgan fingerprint density at radius 2 is 1.93 bits per heavy atom. The maximum atomic E-state index is 12.0. The number of hydroxylamine groups is 2. The van der Waals surface area contributed by atoms with Gasteiger partial charge in [0.25, 0.3) is 0 Å². The zero-order valence-corrected chi connectivity index (χ0v) is 15.5.